The number of fused-ring (bicyclic) bond motifs is 1. The first-order chi connectivity index (χ1) is 7.75. The summed E-state index contributed by atoms with van der Waals surface area (Å²) in [6.45, 7) is 5.20. The molecular formula is C13H23NO2. The minimum Gasteiger partial charge on any atom is -0.387 e. The molecule has 3 rings (SSSR count). The summed E-state index contributed by atoms with van der Waals surface area (Å²) < 4.78 is 5.40. The summed E-state index contributed by atoms with van der Waals surface area (Å²) in [6, 6.07) is 0.613. The molecule has 3 nitrogen and oxygen atoms in total. The van der Waals surface area contributed by atoms with Gasteiger partial charge in [-0.25, -0.2) is 0 Å². The predicted octanol–water partition coefficient (Wildman–Crippen LogP) is 1.40. The van der Waals surface area contributed by atoms with Crippen LogP contribution in [0, 0.1) is 5.92 Å². The van der Waals surface area contributed by atoms with E-state index in [0.29, 0.717) is 12.0 Å². The number of epoxide rings is 1. The van der Waals surface area contributed by atoms with E-state index >= 15 is 0 Å². The van der Waals surface area contributed by atoms with E-state index in [1.54, 1.807) is 0 Å². The molecule has 4 atom stereocenters. The molecule has 3 heteroatoms. The highest BCUT2D eigenvalue weighted by Gasteiger charge is 2.56. The van der Waals surface area contributed by atoms with Crippen LogP contribution in [0.15, 0.2) is 0 Å². The summed E-state index contributed by atoms with van der Waals surface area (Å²) in [6.07, 6.45) is 6.14. The molecule has 0 aromatic carbocycles. The molecule has 3 fully saturated rings. The third-order valence-corrected chi connectivity index (χ3v) is 4.94. The molecule has 2 heterocycles. The first-order valence-corrected chi connectivity index (χ1v) is 6.83. The first kappa shape index (κ1) is 11.0. The van der Waals surface area contributed by atoms with Crippen molar-refractivity contribution in [3.05, 3.63) is 0 Å². The highest BCUT2D eigenvalue weighted by molar-refractivity contribution is 5.07. The second-order valence-corrected chi connectivity index (χ2v) is 5.65. The van der Waals surface area contributed by atoms with Crippen LogP contribution in [0.25, 0.3) is 0 Å². The maximum Gasteiger partial charge on any atom is 0.110 e. The van der Waals surface area contributed by atoms with Crippen LogP contribution in [0.2, 0.25) is 0 Å². The van der Waals surface area contributed by atoms with Gasteiger partial charge < -0.3 is 14.7 Å². The Balaban J connectivity index is 1.82. The van der Waals surface area contributed by atoms with Gasteiger partial charge in [-0.3, -0.25) is 0 Å². The van der Waals surface area contributed by atoms with Crippen molar-refractivity contribution in [3.8, 4) is 0 Å². The van der Waals surface area contributed by atoms with E-state index in [0.717, 1.165) is 26.1 Å². The summed E-state index contributed by atoms with van der Waals surface area (Å²) in [5, 5.41) is 10.9. The molecule has 0 spiro atoms. The van der Waals surface area contributed by atoms with E-state index in [1.807, 2.05) is 0 Å². The fourth-order valence-corrected chi connectivity index (χ4v) is 3.93. The number of aliphatic hydroxyl groups is 1. The average Bonchev–Trinajstić information content (AvgIpc) is 3.14. The minimum absolute atomic E-state index is 0.150. The van der Waals surface area contributed by atoms with E-state index < -0.39 is 5.60 Å². The van der Waals surface area contributed by atoms with Crippen molar-refractivity contribution in [1.29, 1.82) is 0 Å². The molecule has 0 bridgehead atoms. The Morgan fingerprint density at radius 1 is 1.38 bits per heavy atom. The highest BCUT2D eigenvalue weighted by Crippen LogP contribution is 2.46. The normalized spacial score (nSPS) is 48.8. The van der Waals surface area contributed by atoms with Gasteiger partial charge in [0.25, 0.3) is 0 Å². The monoisotopic (exact) mass is 225 g/mol. The second-order valence-electron chi connectivity index (χ2n) is 5.65. The fraction of sp³-hybridized carbons (Fsp3) is 1.00. The van der Waals surface area contributed by atoms with Crippen molar-refractivity contribution in [2.45, 2.75) is 56.8 Å². The molecule has 3 aliphatic rings. The van der Waals surface area contributed by atoms with Gasteiger partial charge in [0.2, 0.25) is 0 Å². The van der Waals surface area contributed by atoms with Gasteiger partial charge in [-0.1, -0.05) is 19.8 Å². The van der Waals surface area contributed by atoms with E-state index in [9.17, 15) is 5.11 Å². The molecule has 0 radical (unpaired) electrons. The van der Waals surface area contributed by atoms with Gasteiger partial charge in [0.15, 0.2) is 0 Å². The Labute approximate surface area is 97.8 Å². The molecule has 3 unspecified atom stereocenters. The number of ether oxygens (including phenoxy) is 1. The fourth-order valence-electron chi connectivity index (χ4n) is 3.93. The molecule has 92 valence electrons. The van der Waals surface area contributed by atoms with Crippen molar-refractivity contribution in [2.75, 3.05) is 19.7 Å². The maximum atomic E-state index is 10.9. The lowest BCUT2D eigenvalue weighted by Gasteiger charge is -2.51. The third-order valence-electron chi connectivity index (χ3n) is 4.94. The van der Waals surface area contributed by atoms with E-state index in [-0.39, 0.29) is 6.10 Å². The van der Waals surface area contributed by atoms with Crippen LogP contribution in [0.1, 0.15) is 39.0 Å². The van der Waals surface area contributed by atoms with E-state index in [4.69, 9.17) is 4.74 Å². The molecule has 16 heavy (non-hydrogen) atoms. The predicted molar refractivity (Wildman–Crippen MR) is 62.3 cm³/mol. The molecule has 0 amide bonds. The summed E-state index contributed by atoms with van der Waals surface area (Å²) in [5.74, 6) is 0.461. The van der Waals surface area contributed by atoms with Gasteiger partial charge in [0.05, 0.1) is 12.2 Å². The number of nitrogens with zero attached hydrogens (tertiary/aromatic N) is 1. The second kappa shape index (κ2) is 3.97. The van der Waals surface area contributed by atoms with Gasteiger partial charge >= 0.3 is 0 Å². The highest BCUT2D eigenvalue weighted by atomic mass is 16.6. The van der Waals surface area contributed by atoms with Crippen LogP contribution in [0.5, 0.6) is 0 Å². The minimum atomic E-state index is -0.503. The van der Waals surface area contributed by atoms with Gasteiger partial charge in [0.1, 0.15) is 6.10 Å². The van der Waals surface area contributed by atoms with Crippen LogP contribution in [0.3, 0.4) is 0 Å². The summed E-state index contributed by atoms with van der Waals surface area (Å²) in [5.41, 5.74) is -0.503. The van der Waals surface area contributed by atoms with Crippen molar-refractivity contribution in [1.82, 2.24) is 4.90 Å². The zero-order valence-electron chi connectivity index (χ0n) is 10.2. The smallest absolute Gasteiger partial charge is 0.110 e. The largest absolute Gasteiger partial charge is 0.387 e. The van der Waals surface area contributed by atoms with Gasteiger partial charge in [0, 0.05) is 18.5 Å². The standard InChI is InChI=1S/C13H23NO2/c1-2-14-8-7-13(15,12-9-16-12)10-5-3-4-6-11(10)14/h10-12,15H,2-9H2,1H3/t10?,11?,12?,13-/m1/s1. The Morgan fingerprint density at radius 3 is 2.81 bits per heavy atom. The SMILES string of the molecule is CCN1CC[C@](O)(C2CO2)C2CCCCC21. The Kier molecular flexibility index (Phi) is 2.73. The summed E-state index contributed by atoms with van der Waals surface area (Å²) in [4.78, 5) is 2.57. The van der Waals surface area contributed by atoms with Crippen LogP contribution in [-0.4, -0.2) is 47.4 Å². The zero-order chi connectivity index (χ0) is 11.2. The number of hydrogen-bond donors (Lipinski definition) is 1. The number of hydrogen-bond acceptors (Lipinski definition) is 3. The third kappa shape index (κ3) is 1.60. The topological polar surface area (TPSA) is 36.0 Å². The number of rotatable bonds is 2. The van der Waals surface area contributed by atoms with E-state index in [2.05, 4.69) is 11.8 Å². The number of likely N-dealkylation sites (tertiary alicyclic amines) is 1. The Hall–Kier alpha value is -0.120. The van der Waals surface area contributed by atoms with Crippen molar-refractivity contribution in [2.24, 2.45) is 5.92 Å². The van der Waals surface area contributed by atoms with E-state index in [1.165, 1.54) is 25.7 Å². The molecule has 0 aromatic heterocycles. The Morgan fingerprint density at radius 2 is 2.12 bits per heavy atom. The molecule has 0 aromatic rings. The van der Waals surface area contributed by atoms with Crippen molar-refractivity contribution in [3.63, 3.8) is 0 Å². The molecule has 1 saturated carbocycles. The van der Waals surface area contributed by atoms with Crippen LogP contribution in [-0.2, 0) is 4.74 Å². The van der Waals surface area contributed by atoms with Gasteiger partial charge in [-0.2, -0.15) is 0 Å². The lowest BCUT2D eigenvalue weighted by Crippen LogP contribution is -2.61. The summed E-state index contributed by atoms with van der Waals surface area (Å²) >= 11 is 0. The lowest BCUT2D eigenvalue weighted by molar-refractivity contribution is -0.126. The van der Waals surface area contributed by atoms with Crippen LogP contribution < -0.4 is 0 Å². The quantitative estimate of drug-likeness (QED) is 0.722. The molecule has 2 saturated heterocycles. The molecular weight excluding hydrogens is 202 g/mol. The number of piperidine rings is 1. The lowest BCUT2D eigenvalue weighted by atomic mass is 9.67. The maximum absolute atomic E-state index is 10.9. The van der Waals surface area contributed by atoms with Crippen molar-refractivity contribution < 1.29 is 9.84 Å². The van der Waals surface area contributed by atoms with Crippen molar-refractivity contribution >= 4 is 0 Å². The average molecular weight is 225 g/mol. The Bertz CT molecular complexity index is 267. The van der Waals surface area contributed by atoms with Crippen LogP contribution in [0.4, 0.5) is 0 Å². The van der Waals surface area contributed by atoms with Gasteiger partial charge in [-0.05, 0) is 25.8 Å². The van der Waals surface area contributed by atoms with Crippen LogP contribution >= 0.6 is 0 Å². The first-order valence-electron chi connectivity index (χ1n) is 6.83. The van der Waals surface area contributed by atoms with Gasteiger partial charge in [-0.15, -0.1) is 0 Å². The summed E-state index contributed by atoms with van der Waals surface area (Å²) in [7, 11) is 0. The zero-order valence-corrected chi connectivity index (χ0v) is 10.2. The molecule has 1 aliphatic carbocycles. The molecule has 2 aliphatic heterocycles. The molecule has 1 N–H and O–H groups in total.